The standard InChI is InChI=1S/C9H8Cl2O/c1-6(12)9(11)7-4-2-3-5-8(7)10/h2-5,9H,1H3. The molecule has 0 fully saturated rings. The van der Waals surface area contributed by atoms with Gasteiger partial charge in [0.1, 0.15) is 5.38 Å². The Labute approximate surface area is 81.3 Å². The molecule has 12 heavy (non-hydrogen) atoms. The molecule has 0 amide bonds. The Morgan fingerprint density at radius 1 is 1.42 bits per heavy atom. The highest BCUT2D eigenvalue weighted by Crippen LogP contribution is 2.27. The van der Waals surface area contributed by atoms with Crippen molar-refractivity contribution in [2.24, 2.45) is 0 Å². The van der Waals surface area contributed by atoms with Crippen molar-refractivity contribution < 1.29 is 4.79 Å². The van der Waals surface area contributed by atoms with Crippen molar-refractivity contribution in [2.75, 3.05) is 0 Å². The molecule has 0 aliphatic heterocycles. The van der Waals surface area contributed by atoms with E-state index in [1.807, 2.05) is 0 Å². The van der Waals surface area contributed by atoms with Crippen LogP contribution in [-0.4, -0.2) is 5.78 Å². The Balaban J connectivity index is 3.02. The fraction of sp³-hybridized carbons (Fsp3) is 0.222. The maximum atomic E-state index is 10.9. The molecule has 1 nitrogen and oxygen atoms in total. The highest BCUT2D eigenvalue weighted by Gasteiger charge is 2.15. The van der Waals surface area contributed by atoms with Crippen molar-refractivity contribution in [2.45, 2.75) is 12.3 Å². The lowest BCUT2D eigenvalue weighted by molar-refractivity contribution is -0.116. The normalized spacial score (nSPS) is 12.6. The summed E-state index contributed by atoms with van der Waals surface area (Å²) in [5, 5.41) is -0.0913. The van der Waals surface area contributed by atoms with Gasteiger partial charge in [-0.25, -0.2) is 0 Å². The van der Waals surface area contributed by atoms with E-state index in [1.165, 1.54) is 6.92 Å². The topological polar surface area (TPSA) is 17.1 Å². The fourth-order valence-electron chi connectivity index (χ4n) is 0.900. The van der Waals surface area contributed by atoms with Gasteiger partial charge in [0.05, 0.1) is 0 Å². The predicted octanol–water partition coefficient (Wildman–Crippen LogP) is 3.21. The SMILES string of the molecule is CC(=O)C(Cl)c1ccccc1Cl. The van der Waals surface area contributed by atoms with Crippen LogP contribution in [0.25, 0.3) is 0 Å². The first-order valence-corrected chi connectivity index (χ1v) is 4.33. The Hall–Kier alpha value is -0.530. The summed E-state index contributed by atoms with van der Waals surface area (Å²) >= 11 is 11.6. The molecule has 0 aromatic heterocycles. The van der Waals surface area contributed by atoms with E-state index in [-0.39, 0.29) is 5.78 Å². The van der Waals surface area contributed by atoms with Gasteiger partial charge in [-0.05, 0) is 18.6 Å². The molecule has 0 bridgehead atoms. The van der Waals surface area contributed by atoms with Crippen molar-refractivity contribution in [3.05, 3.63) is 34.9 Å². The third-order valence-corrected chi connectivity index (χ3v) is 2.42. The molecular formula is C9H8Cl2O. The minimum absolute atomic E-state index is 0.0928. The first-order valence-electron chi connectivity index (χ1n) is 3.52. The molecule has 3 heteroatoms. The van der Waals surface area contributed by atoms with Gasteiger partial charge in [0.2, 0.25) is 0 Å². The predicted molar refractivity (Wildman–Crippen MR) is 50.7 cm³/mol. The summed E-state index contributed by atoms with van der Waals surface area (Å²) < 4.78 is 0. The number of carbonyl (C=O) groups excluding carboxylic acids is 1. The first kappa shape index (κ1) is 9.56. The van der Waals surface area contributed by atoms with Crippen LogP contribution in [0.3, 0.4) is 0 Å². The Morgan fingerprint density at radius 2 is 2.00 bits per heavy atom. The minimum atomic E-state index is -0.626. The summed E-state index contributed by atoms with van der Waals surface area (Å²) in [5.41, 5.74) is 0.674. The molecule has 1 rings (SSSR count). The van der Waals surface area contributed by atoms with Crippen LogP contribution in [0.5, 0.6) is 0 Å². The lowest BCUT2D eigenvalue weighted by atomic mass is 10.1. The number of alkyl halides is 1. The van der Waals surface area contributed by atoms with Crippen molar-refractivity contribution >= 4 is 29.0 Å². The largest absolute Gasteiger partial charge is 0.298 e. The fourth-order valence-corrected chi connectivity index (χ4v) is 1.39. The highest BCUT2D eigenvalue weighted by molar-refractivity contribution is 6.35. The molecular weight excluding hydrogens is 195 g/mol. The molecule has 0 radical (unpaired) electrons. The third kappa shape index (κ3) is 1.99. The lowest BCUT2D eigenvalue weighted by Crippen LogP contribution is -2.01. The van der Waals surface area contributed by atoms with Gasteiger partial charge in [-0.2, -0.15) is 0 Å². The summed E-state index contributed by atoms with van der Waals surface area (Å²) in [6.45, 7) is 1.45. The third-order valence-electron chi connectivity index (χ3n) is 1.54. The van der Waals surface area contributed by atoms with Crippen LogP contribution < -0.4 is 0 Å². The van der Waals surface area contributed by atoms with E-state index in [9.17, 15) is 4.79 Å². The quantitative estimate of drug-likeness (QED) is 0.674. The minimum Gasteiger partial charge on any atom is -0.298 e. The second-order valence-electron chi connectivity index (χ2n) is 2.49. The van der Waals surface area contributed by atoms with E-state index in [0.717, 1.165) is 0 Å². The van der Waals surface area contributed by atoms with Crippen molar-refractivity contribution in [3.63, 3.8) is 0 Å². The molecule has 0 aliphatic rings. The molecule has 1 aromatic carbocycles. The number of ketones is 1. The molecule has 0 spiro atoms. The van der Waals surface area contributed by atoms with Crippen LogP contribution in [0.1, 0.15) is 17.9 Å². The van der Waals surface area contributed by atoms with Crippen molar-refractivity contribution in [1.29, 1.82) is 0 Å². The zero-order valence-corrected chi connectivity index (χ0v) is 8.06. The monoisotopic (exact) mass is 202 g/mol. The summed E-state index contributed by atoms with van der Waals surface area (Å²) in [6.07, 6.45) is 0. The number of carbonyl (C=O) groups is 1. The van der Waals surface area contributed by atoms with Crippen LogP contribution in [0, 0.1) is 0 Å². The van der Waals surface area contributed by atoms with Gasteiger partial charge in [-0.1, -0.05) is 29.8 Å². The molecule has 1 aromatic rings. The molecule has 0 aliphatic carbocycles. The number of Topliss-reactive ketones (excluding diaryl/α,β-unsaturated/α-hetero) is 1. The van der Waals surface area contributed by atoms with Gasteiger partial charge < -0.3 is 0 Å². The zero-order chi connectivity index (χ0) is 9.14. The number of hydrogen-bond acceptors (Lipinski definition) is 1. The summed E-state index contributed by atoms with van der Waals surface area (Å²) in [6, 6.07) is 7.08. The zero-order valence-electron chi connectivity index (χ0n) is 6.55. The lowest BCUT2D eigenvalue weighted by Gasteiger charge is -2.06. The number of halogens is 2. The van der Waals surface area contributed by atoms with E-state index >= 15 is 0 Å². The van der Waals surface area contributed by atoms with Crippen molar-refractivity contribution in [3.8, 4) is 0 Å². The number of rotatable bonds is 2. The van der Waals surface area contributed by atoms with Crippen LogP contribution in [0.4, 0.5) is 0 Å². The Morgan fingerprint density at radius 3 is 2.50 bits per heavy atom. The maximum absolute atomic E-state index is 10.9. The smallest absolute Gasteiger partial charge is 0.152 e. The highest BCUT2D eigenvalue weighted by atomic mass is 35.5. The average molecular weight is 203 g/mol. The van der Waals surface area contributed by atoms with E-state index in [4.69, 9.17) is 23.2 Å². The second-order valence-corrected chi connectivity index (χ2v) is 3.34. The molecule has 64 valence electrons. The van der Waals surface area contributed by atoms with Crippen molar-refractivity contribution in [1.82, 2.24) is 0 Å². The Bertz CT molecular complexity index is 296. The average Bonchev–Trinajstić information content (AvgIpc) is 2.04. The van der Waals surface area contributed by atoms with Crippen LogP contribution in [0.2, 0.25) is 5.02 Å². The number of benzene rings is 1. The van der Waals surface area contributed by atoms with Crippen LogP contribution in [-0.2, 0) is 4.79 Å². The molecule has 0 heterocycles. The summed E-state index contributed by atoms with van der Waals surface area (Å²) in [7, 11) is 0. The van der Waals surface area contributed by atoms with Gasteiger partial charge in [0.25, 0.3) is 0 Å². The van der Waals surface area contributed by atoms with E-state index < -0.39 is 5.38 Å². The molecule has 1 unspecified atom stereocenters. The van der Waals surface area contributed by atoms with E-state index in [2.05, 4.69) is 0 Å². The second kappa shape index (κ2) is 3.92. The first-order chi connectivity index (χ1) is 5.63. The Kier molecular flexibility index (Phi) is 3.12. The van der Waals surface area contributed by atoms with Crippen LogP contribution in [0.15, 0.2) is 24.3 Å². The van der Waals surface area contributed by atoms with Gasteiger partial charge in [-0.15, -0.1) is 11.6 Å². The molecule has 0 N–H and O–H groups in total. The molecule has 0 saturated heterocycles. The van der Waals surface area contributed by atoms with Gasteiger partial charge in [0, 0.05) is 5.02 Å². The molecule has 0 saturated carbocycles. The van der Waals surface area contributed by atoms with E-state index in [1.54, 1.807) is 24.3 Å². The summed E-state index contributed by atoms with van der Waals surface area (Å²) in [4.78, 5) is 10.9. The summed E-state index contributed by atoms with van der Waals surface area (Å²) in [5.74, 6) is -0.0928. The van der Waals surface area contributed by atoms with Crippen LogP contribution >= 0.6 is 23.2 Å². The van der Waals surface area contributed by atoms with Gasteiger partial charge in [0.15, 0.2) is 5.78 Å². The van der Waals surface area contributed by atoms with E-state index in [0.29, 0.717) is 10.6 Å². The van der Waals surface area contributed by atoms with Gasteiger partial charge in [-0.3, -0.25) is 4.79 Å². The maximum Gasteiger partial charge on any atom is 0.152 e. The molecule has 1 atom stereocenters. The van der Waals surface area contributed by atoms with Gasteiger partial charge >= 0.3 is 0 Å². The number of hydrogen-bond donors (Lipinski definition) is 0.